The third kappa shape index (κ3) is 8.25. The molecule has 12 heteroatoms. The van der Waals surface area contributed by atoms with Crippen molar-refractivity contribution in [2.24, 2.45) is 5.92 Å². The number of rotatable bonds is 12. The summed E-state index contributed by atoms with van der Waals surface area (Å²) in [4.78, 5) is 28.2. The Morgan fingerprint density at radius 2 is 1.55 bits per heavy atom. The highest BCUT2D eigenvalue weighted by Crippen LogP contribution is 2.37. The molecule has 42 heavy (non-hydrogen) atoms. The second-order valence-electron chi connectivity index (χ2n) is 10.1. The summed E-state index contributed by atoms with van der Waals surface area (Å²) in [6, 6.07) is 17.1. The van der Waals surface area contributed by atoms with Crippen LogP contribution in [0.15, 0.2) is 83.8 Å². The second-order valence-corrected chi connectivity index (χ2v) is 12.3. The van der Waals surface area contributed by atoms with Crippen molar-refractivity contribution in [1.29, 1.82) is 0 Å². The summed E-state index contributed by atoms with van der Waals surface area (Å²) in [5, 5.41) is 2.52. The maximum Gasteiger partial charge on any atom is 0.416 e. The molecule has 1 atom stereocenters. The van der Waals surface area contributed by atoms with Crippen LogP contribution in [-0.2, 0) is 32.3 Å². The fraction of sp³-hybridized carbons (Fsp3) is 0.333. The lowest BCUT2D eigenvalue weighted by molar-refractivity contribution is -0.140. The van der Waals surface area contributed by atoms with Crippen molar-refractivity contribution in [3.05, 3.63) is 95.0 Å². The van der Waals surface area contributed by atoms with Crippen LogP contribution in [0.3, 0.4) is 0 Å². The molecule has 7 nitrogen and oxygen atoms in total. The number of hydrogen-bond acceptors (Lipinski definition) is 4. The van der Waals surface area contributed by atoms with Crippen molar-refractivity contribution in [3.8, 4) is 0 Å². The summed E-state index contributed by atoms with van der Waals surface area (Å²) in [5.41, 5.74) is -0.973. The summed E-state index contributed by atoms with van der Waals surface area (Å²) >= 11 is 6.28. The number of halogens is 4. The molecule has 3 aromatic carbocycles. The molecule has 0 heterocycles. The van der Waals surface area contributed by atoms with Crippen LogP contribution in [0, 0.1) is 5.92 Å². The average molecular weight is 624 g/mol. The van der Waals surface area contributed by atoms with E-state index in [-0.39, 0.29) is 28.8 Å². The molecule has 0 spiro atoms. The fourth-order valence-corrected chi connectivity index (χ4v) is 5.95. The molecule has 1 unspecified atom stereocenters. The smallest absolute Gasteiger partial charge is 0.354 e. The van der Waals surface area contributed by atoms with Crippen LogP contribution in [0.5, 0.6) is 0 Å². The lowest BCUT2D eigenvalue weighted by atomic mass is 10.1. The molecule has 3 aromatic rings. The van der Waals surface area contributed by atoms with E-state index < -0.39 is 51.9 Å². The number of nitrogens with zero attached hydrogens (tertiary/aromatic N) is 2. The van der Waals surface area contributed by atoms with Gasteiger partial charge in [0.15, 0.2) is 0 Å². The van der Waals surface area contributed by atoms with Crippen molar-refractivity contribution >= 4 is 39.1 Å². The molecule has 226 valence electrons. The minimum absolute atomic E-state index is 0.0389. The largest absolute Gasteiger partial charge is 0.416 e. The number of sulfonamides is 1. The Labute approximate surface area is 249 Å². The molecule has 0 fully saturated rings. The molecule has 0 saturated carbocycles. The number of benzene rings is 3. The van der Waals surface area contributed by atoms with Gasteiger partial charge < -0.3 is 10.2 Å². The van der Waals surface area contributed by atoms with E-state index in [1.165, 1.54) is 29.2 Å². The lowest BCUT2D eigenvalue weighted by Gasteiger charge is -2.33. The summed E-state index contributed by atoms with van der Waals surface area (Å²) in [7, 11) is -4.58. The molecule has 1 N–H and O–H groups in total. The number of nitrogens with one attached hydrogen (secondary N) is 1. The monoisotopic (exact) mass is 623 g/mol. The molecular weight excluding hydrogens is 591 g/mol. The van der Waals surface area contributed by atoms with E-state index in [0.717, 1.165) is 12.1 Å². The summed E-state index contributed by atoms with van der Waals surface area (Å²) < 4.78 is 69.2. The normalized spacial score (nSPS) is 12.6. The van der Waals surface area contributed by atoms with Gasteiger partial charge in [0, 0.05) is 13.1 Å². The molecular formula is C30H33ClF3N3O4S. The highest BCUT2D eigenvalue weighted by atomic mass is 35.5. The van der Waals surface area contributed by atoms with Gasteiger partial charge in [0.2, 0.25) is 11.8 Å². The topological polar surface area (TPSA) is 86.8 Å². The second kappa shape index (κ2) is 14.1. The zero-order valence-corrected chi connectivity index (χ0v) is 25.0. The van der Waals surface area contributed by atoms with Crippen LogP contribution >= 0.6 is 11.6 Å². The lowest BCUT2D eigenvalue weighted by Crippen LogP contribution is -2.52. The van der Waals surface area contributed by atoms with Gasteiger partial charge in [0.1, 0.15) is 12.6 Å². The van der Waals surface area contributed by atoms with E-state index in [4.69, 9.17) is 11.6 Å². The van der Waals surface area contributed by atoms with Crippen molar-refractivity contribution < 1.29 is 31.2 Å². The Balaban J connectivity index is 2.12. The quantitative estimate of drug-likeness (QED) is 0.263. The highest BCUT2D eigenvalue weighted by Gasteiger charge is 2.37. The SMILES string of the molecule is CCC(C(=O)NCC(C)C)N(Cc1ccccc1)C(=O)CN(c1cc(C(F)(F)F)ccc1Cl)S(=O)(=O)c1ccccc1. The number of alkyl halides is 3. The van der Waals surface area contributed by atoms with Crippen LogP contribution in [0.4, 0.5) is 18.9 Å². The Bertz CT molecular complexity index is 1470. The Hall–Kier alpha value is -3.57. The third-order valence-electron chi connectivity index (χ3n) is 6.42. The average Bonchev–Trinajstić information content (AvgIpc) is 2.95. The first-order valence-electron chi connectivity index (χ1n) is 13.3. The summed E-state index contributed by atoms with van der Waals surface area (Å²) in [6.45, 7) is 4.96. The van der Waals surface area contributed by atoms with E-state index >= 15 is 0 Å². The van der Waals surface area contributed by atoms with Gasteiger partial charge in [0.05, 0.1) is 21.2 Å². The van der Waals surface area contributed by atoms with Crippen LogP contribution < -0.4 is 9.62 Å². The van der Waals surface area contributed by atoms with Gasteiger partial charge in [-0.3, -0.25) is 13.9 Å². The molecule has 0 bridgehead atoms. The molecule has 0 radical (unpaired) electrons. The van der Waals surface area contributed by atoms with Gasteiger partial charge >= 0.3 is 6.18 Å². The van der Waals surface area contributed by atoms with Gasteiger partial charge in [-0.15, -0.1) is 0 Å². The van der Waals surface area contributed by atoms with Crippen molar-refractivity contribution in [2.75, 3.05) is 17.4 Å². The summed E-state index contributed by atoms with van der Waals surface area (Å²) in [6.07, 6.45) is -4.59. The first-order valence-corrected chi connectivity index (χ1v) is 15.1. The molecule has 0 aliphatic heterocycles. The van der Waals surface area contributed by atoms with E-state index in [2.05, 4.69) is 5.32 Å². The van der Waals surface area contributed by atoms with Gasteiger partial charge in [-0.1, -0.05) is 80.9 Å². The van der Waals surface area contributed by atoms with E-state index in [9.17, 15) is 31.2 Å². The molecule has 2 amide bonds. The third-order valence-corrected chi connectivity index (χ3v) is 8.51. The first kappa shape index (κ1) is 32.9. The maximum atomic E-state index is 14.0. The van der Waals surface area contributed by atoms with Crippen molar-refractivity contribution in [1.82, 2.24) is 10.2 Å². The maximum absolute atomic E-state index is 14.0. The van der Waals surface area contributed by atoms with Crippen LogP contribution in [-0.4, -0.2) is 44.3 Å². The van der Waals surface area contributed by atoms with Crippen molar-refractivity contribution in [2.45, 2.75) is 50.9 Å². The van der Waals surface area contributed by atoms with Gasteiger partial charge in [-0.05, 0) is 48.2 Å². The first-order chi connectivity index (χ1) is 19.8. The van der Waals surface area contributed by atoms with Crippen molar-refractivity contribution in [3.63, 3.8) is 0 Å². The van der Waals surface area contributed by atoms with Gasteiger partial charge in [-0.25, -0.2) is 8.42 Å². The Morgan fingerprint density at radius 1 is 0.952 bits per heavy atom. The summed E-state index contributed by atoms with van der Waals surface area (Å²) in [5.74, 6) is -1.08. The zero-order valence-electron chi connectivity index (χ0n) is 23.4. The molecule has 0 saturated heterocycles. The number of amides is 2. The van der Waals surface area contributed by atoms with Crippen LogP contribution in [0.1, 0.15) is 38.3 Å². The molecule has 3 rings (SSSR count). The number of hydrogen-bond donors (Lipinski definition) is 1. The predicted octanol–water partition coefficient (Wildman–Crippen LogP) is 6.13. The number of carbonyl (C=O) groups excluding carboxylic acids is 2. The zero-order chi connectivity index (χ0) is 31.1. The Morgan fingerprint density at radius 3 is 2.10 bits per heavy atom. The Kier molecular flexibility index (Phi) is 11.0. The van der Waals surface area contributed by atoms with Crippen LogP contribution in [0.25, 0.3) is 0 Å². The van der Waals surface area contributed by atoms with E-state index in [1.807, 2.05) is 13.8 Å². The van der Waals surface area contributed by atoms with Crippen LogP contribution in [0.2, 0.25) is 5.02 Å². The van der Waals surface area contributed by atoms with Gasteiger partial charge in [0.25, 0.3) is 10.0 Å². The fourth-order valence-electron chi connectivity index (χ4n) is 4.24. The standard InChI is InChI=1S/C30H33ClF3N3O4S/c1-4-26(29(39)35-18-21(2)3)36(19-22-11-7-5-8-12-22)28(38)20-37(42(40,41)24-13-9-6-10-14-24)27-17-23(30(32,33)34)15-16-25(27)31/h5-17,21,26H,4,18-20H2,1-3H3,(H,35,39). The minimum atomic E-state index is -4.80. The number of anilines is 1. The van der Waals surface area contributed by atoms with E-state index in [1.54, 1.807) is 43.3 Å². The molecule has 0 aliphatic carbocycles. The molecule has 0 aliphatic rings. The predicted molar refractivity (Wildman–Crippen MR) is 156 cm³/mol. The number of carbonyl (C=O) groups is 2. The minimum Gasteiger partial charge on any atom is -0.354 e. The highest BCUT2D eigenvalue weighted by molar-refractivity contribution is 7.92. The van der Waals surface area contributed by atoms with Gasteiger partial charge in [-0.2, -0.15) is 13.2 Å². The molecule has 0 aromatic heterocycles. The van der Waals surface area contributed by atoms with E-state index in [0.29, 0.717) is 22.5 Å².